The number of hydrogen-bond acceptors (Lipinski definition) is 15. The molecule has 0 atom stereocenters. The van der Waals surface area contributed by atoms with Crippen LogP contribution in [0.2, 0.25) is 0 Å². The number of benzene rings is 4. The second-order valence-corrected chi connectivity index (χ2v) is 24.8. The number of carboxylic acids is 1. The number of amidine groups is 1. The molecule has 24 nitrogen and oxygen atoms in total. The van der Waals surface area contributed by atoms with Gasteiger partial charge in [0.1, 0.15) is 17.0 Å². The molecule has 4 aromatic carbocycles. The van der Waals surface area contributed by atoms with Crippen LogP contribution in [0.4, 0.5) is 32.3 Å². The normalized spacial score (nSPS) is 13.4. The maximum absolute atomic E-state index is 13.5. The lowest BCUT2D eigenvalue weighted by molar-refractivity contribution is -0.137. The number of guanidine groups is 2. The number of fused-ring (bicyclic) bond motifs is 4. The van der Waals surface area contributed by atoms with Gasteiger partial charge in [0, 0.05) is 74.4 Å². The highest BCUT2D eigenvalue weighted by molar-refractivity contribution is 7.92. The zero-order chi connectivity index (χ0) is 60.3. The Kier molecular flexibility index (Phi) is 23.6. The van der Waals surface area contributed by atoms with Gasteiger partial charge in [-0.3, -0.25) is 29.7 Å². The van der Waals surface area contributed by atoms with E-state index in [-0.39, 0.29) is 58.6 Å². The van der Waals surface area contributed by atoms with Gasteiger partial charge >= 0.3 is 18.2 Å². The van der Waals surface area contributed by atoms with Crippen LogP contribution in [0, 0.1) is 0 Å². The third-order valence-electron chi connectivity index (χ3n) is 11.6. The Labute approximate surface area is 472 Å². The highest BCUT2D eigenvalue weighted by Gasteiger charge is 2.32. The number of nitrogens with one attached hydrogen (secondary N) is 3. The average Bonchev–Trinajstić information content (AvgIpc) is 3.36. The third-order valence-corrected chi connectivity index (χ3v) is 15.4. The Balaban J connectivity index is 0.000000282. The van der Waals surface area contributed by atoms with Crippen molar-refractivity contribution in [1.29, 1.82) is 0 Å². The molecule has 2 aliphatic heterocycles. The monoisotopic (exact) mass is 1160 g/mol. The molecule has 6 rings (SSSR count). The minimum atomic E-state index is -3.86. The van der Waals surface area contributed by atoms with E-state index in [1.165, 1.54) is 24.3 Å². The van der Waals surface area contributed by atoms with Crippen molar-refractivity contribution in [3.63, 3.8) is 0 Å². The predicted molar refractivity (Wildman–Crippen MR) is 311 cm³/mol. The number of aliphatic imine (C=N–C) groups is 3. The molecule has 0 aromatic heterocycles. The summed E-state index contributed by atoms with van der Waals surface area (Å²) >= 11 is 0. The summed E-state index contributed by atoms with van der Waals surface area (Å²) in [5.41, 5.74) is 35.6. The fraction of sp³-hybridized carbons (Fsp3) is 0.418. The van der Waals surface area contributed by atoms with Gasteiger partial charge in [0.15, 0.2) is 11.9 Å². The fourth-order valence-corrected chi connectivity index (χ4v) is 11.6. The second-order valence-electron chi connectivity index (χ2n) is 21.0. The lowest BCUT2D eigenvalue weighted by atomic mass is 10.0. The zero-order valence-corrected chi connectivity index (χ0v) is 48.2. The van der Waals surface area contributed by atoms with Crippen LogP contribution in [0.3, 0.4) is 0 Å². The lowest BCUT2D eigenvalue weighted by Gasteiger charge is -2.21. The Morgan fingerprint density at radius 3 is 1.31 bits per heavy atom. The van der Waals surface area contributed by atoms with Gasteiger partial charge in [-0.1, -0.05) is 30.7 Å². The van der Waals surface area contributed by atoms with E-state index in [4.69, 9.17) is 49.0 Å². The molecule has 0 saturated carbocycles. The van der Waals surface area contributed by atoms with Crippen LogP contribution in [0.1, 0.15) is 134 Å². The van der Waals surface area contributed by atoms with E-state index in [0.717, 1.165) is 11.1 Å². The zero-order valence-electron chi connectivity index (χ0n) is 46.6. The van der Waals surface area contributed by atoms with E-state index >= 15 is 0 Å². The van der Waals surface area contributed by atoms with Crippen LogP contribution < -0.4 is 50.4 Å². The minimum absolute atomic E-state index is 0.0109. The first kappa shape index (κ1) is 65.3. The molecule has 4 amide bonds. The Morgan fingerprint density at radius 1 is 0.531 bits per heavy atom. The molecule has 26 heteroatoms. The molecular formula is C55H76N12O12S2. The molecule has 2 heterocycles. The van der Waals surface area contributed by atoms with Crippen LogP contribution in [-0.2, 0) is 56.4 Å². The van der Waals surface area contributed by atoms with Crippen molar-refractivity contribution >= 4 is 90.1 Å². The number of rotatable bonds is 18. The molecule has 2 aliphatic rings. The van der Waals surface area contributed by atoms with E-state index < -0.39 is 49.0 Å². The fourth-order valence-electron chi connectivity index (χ4n) is 8.01. The number of carbonyl (C=O) groups is 5. The van der Waals surface area contributed by atoms with E-state index in [1.54, 1.807) is 90.1 Å². The van der Waals surface area contributed by atoms with E-state index in [0.29, 0.717) is 121 Å². The lowest BCUT2D eigenvalue weighted by Crippen LogP contribution is -2.37. The van der Waals surface area contributed by atoms with Crippen LogP contribution in [0.5, 0.6) is 0 Å². The maximum atomic E-state index is 13.5. The van der Waals surface area contributed by atoms with Gasteiger partial charge in [0.2, 0.25) is 31.5 Å². The predicted octanol–water partition coefficient (Wildman–Crippen LogP) is 6.66. The van der Waals surface area contributed by atoms with Crippen LogP contribution in [0.15, 0.2) is 107 Å². The quantitative estimate of drug-likeness (QED) is 0.0186. The van der Waals surface area contributed by atoms with Crippen molar-refractivity contribution < 1.29 is 55.4 Å². The summed E-state index contributed by atoms with van der Waals surface area (Å²) in [5, 5.41) is 16.6. The molecule has 0 fully saturated rings. The highest BCUT2D eigenvalue weighted by atomic mass is 32.2. The van der Waals surface area contributed by atoms with Crippen molar-refractivity contribution in [2.45, 2.75) is 156 Å². The molecular weight excluding hydrogens is 1080 g/mol. The van der Waals surface area contributed by atoms with Crippen LogP contribution in [-0.4, -0.2) is 94.0 Å². The van der Waals surface area contributed by atoms with Crippen molar-refractivity contribution in [3.8, 4) is 0 Å². The first-order chi connectivity index (χ1) is 37.8. The van der Waals surface area contributed by atoms with Crippen LogP contribution >= 0.6 is 0 Å². The first-order valence-electron chi connectivity index (χ1n) is 26.1. The summed E-state index contributed by atoms with van der Waals surface area (Å²) in [6.07, 6.45) is 4.59. The number of aliphatic carboxylic acids is 1. The number of anilines is 4. The Morgan fingerprint density at radius 2 is 0.914 bits per heavy atom. The standard InChI is InChI=1S/C25H34N8O4S.C17H30N2O6.C13H12N2O2S/c26-24(27)30-11-3-1-5-22(34)32-18-9-7-16-13-17-8-10-19(15-21(17)38(36,37)20(16)14-18)33-23(35)6-2-4-12-31-25(28)29;1-16(2,3)24-14(22)18-12(10-8-7-9-11-13(20)21)19-15(23)25-17(4,5)6;14-10-3-1-8-5-9-2-4-11(15)7-13(9)18(16,17)12(8)6-10/h7-10,14-15H,1-6,11-13H2,(H,32,34)(H,33,35)(H4,26,27,30)(H4,28,29,31);7-11H2,1-6H3,(H,20,21)(H,18,19,22,23);1-4,6-7H,5,14-15H2. The van der Waals surface area contributed by atoms with Gasteiger partial charge in [0.05, 0.1) is 19.6 Å². The van der Waals surface area contributed by atoms with Gasteiger partial charge in [-0.05, 0) is 151 Å². The topological polar surface area (TPSA) is 422 Å². The molecule has 440 valence electrons. The van der Waals surface area contributed by atoms with Crippen LogP contribution in [0.25, 0.3) is 0 Å². The molecule has 0 bridgehead atoms. The number of ether oxygens (including phenoxy) is 2. The number of unbranched alkanes of at least 4 members (excludes halogenated alkanes) is 4. The summed E-state index contributed by atoms with van der Waals surface area (Å²) in [4.78, 5) is 71.2. The summed E-state index contributed by atoms with van der Waals surface area (Å²) in [5.74, 6) is -1.15. The molecule has 16 N–H and O–H groups in total. The molecule has 0 spiro atoms. The number of nitrogens with zero attached hydrogens (tertiary/aromatic N) is 3. The molecule has 0 unspecified atom stereocenters. The van der Waals surface area contributed by atoms with Gasteiger partial charge in [0.25, 0.3) is 0 Å². The highest BCUT2D eigenvalue weighted by Crippen LogP contribution is 2.38. The van der Waals surface area contributed by atoms with Gasteiger partial charge < -0.3 is 59.6 Å². The number of carboxylic acid groups (broad SMARTS) is 1. The molecule has 81 heavy (non-hydrogen) atoms. The van der Waals surface area contributed by atoms with Crippen molar-refractivity contribution in [3.05, 3.63) is 95.1 Å². The minimum Gasteiger partial charge on any atom is -0.481 e. The van der Waals surface area contributed by atoms with Crippen molar-refractivity contribution in [2.24, 2.45) is 37.9 Å². The summed E-state index contributed by atoms with van der Waals surface area (Å²) < 4.78 is 62.2. The van der Waals surface area contributed by atoms with Gasteiger partial charge in [-0.15, -0.1) is 0 Å². The number of sulfone groups is 2. The van der Waals surface area contributed by atoms with Gasteiger partial charge in [-0.25, -0.2) is 26.4 Å². The number of nitrogen functional groups attached to an aromatic ring is 2. The molecule has 4 aromatic rings. The molecule has 0 aliphatic carbocycles. The SMILES string of the molecule is CC(C)(C)OC(=O)N=C(CCCCCC(=O)O)NC(=O)OC(C)(C)C.NC(N)=NCCCCC(=O)Nc1ccc2c(c1)S(=O)(=O)c1cc(NC(=O)CCCCN=C(N)N)ccc1C2.Nc1ccc2c(c1)S(=O)(=O)c1cc(N)ccc1C2. The Hall–Kier alpha value is -8.26. The number of carbonyl (C=O) groups excluding carboxylic acids is 4. The number of alkyl carbamates (subject to hydrolysis) is 1. The van der Waals surface area contributed by atoms with E-state index in [1.807, 2.05) is 0 Å². The van der Waals surface area contributed by atoms with Crippen molar-refractivity contribution in [1.82, 2.24) is 5.32 Å². The smallest absolute Gasteiger partial charge is 0.435 e. The molecule has 0 saturated heterocycles. The first-order valence-corrected chi connectivity index (χ1v) is 29.0. The van der Waals surface area contributed by atoms with Crippen molar-refractivity contribution in [2.75, 3.05) is 35.2 Å². The number of hydrogen-bond donors (Lipinski definition) is 10. The Bertz CT molecular complexity index is 3100. The van der Waals surface area contributed by atoms with E-state index in [9.17, 15) is 40.8 Å². The van der Waals surface area contributed by atoms with E-state index in [2.05, 4.69) is 30.9 Å². The third kappa shape index (κ3) is 22.1. The maximum Gasteiger partial charge on any atom is 0.435 e. The summed E-state index contributed by atoms with van der Waals surface area (Å²) in [6, 6.07) is 19.8. The average molecular weight is 1160 g/mol. The summed E-state index contributed by atoms with van der Waals surface area (Å²) in [6.45, 7) is 11.2. The second kappa shape index (κ2) is 29.3. The number of amides is 4. The summed E-state index contributed by atoms with van der Waals surface area (Å²) in [7, 11) is -7.37. The largest absolute Gasteiger partial charge is 0.481 e. The number of nitrogens with two attached hydrogens (primary N) is 6. The molecule has 0 radical (unpaired) electrons. The van der Waals surface area contributed by atoms with Gasteiger partial charge in [-0.2, -0.15) is 4.99 Å².